The standard InChI is InChI=1S/C10H10ClIO2/c1-14-10(13)8(11)6-7-4-2-3-5-9(7)12/h2-5,8H,6H2,1H3. The predicted octanol–water partition coefficient (Wildman–Crippen LogP) is 2.61. The van der Waals surface area contributed by atoms with Crippen molar-refractivity contribution in [3.63, 3.8) is 0 Å². The van der Waals surface area contributed by atoms with Crippen molar-refractivity contribution >= 4 is 40.2 Å². The van der Waals surface area contributed by atoms with Crippen LogP contribution in [0.1, 0.15) is 5.56 Å². The predicted molar refractivity (Wildman–Crippen MR) is 64.5 cm³/mol. The van der Waals surface area contributed by atoms with Crippen LogP contribution in [0.4, 0.5) is 0 Å². The highest BCUT2D eigenvalue weighted by molar-refractivity contribution is 14.1. The summed E-state index contributed by atoms with van der Waals surface area (Å²) in [5, 5.41) is -0.601. The molecular formula is C10H10ClIO2. The smallest absolute Gasteiger partial charge is 0.324 e. The van der Waals surface area contributed by atoms with Crippen molar-refractivity contribution in [1.82, 2.24) is 0 Å². The molecule has 1 atom stereocenters. The zero-order chi connectivity index (χ0) is 10.6. The Hall–Kier alpha value is -0.290. The van der Waals surface area contributed by atoms with E-state index in [1.54, 1.807) is 0 Å². The summed E-state index contributed by atoms with van der Waals surface area (Å²) < 4.78 is 5.66. The molecule has 0 aliphatic rings. The maximum Gasteiger partial charge on any atom is 0.324 e. The van der Waals surface area contributed by atoms with Gasteiger partial charge in [0.25, 0.3) is 0 Å². The van der Waals surface area contributed by atoms with Gasteiger partial charge in [-0.15, -0.1) is 11.6 Å². The van der Waals surface area contributed by atoms with Crippen LogP contribution in [0.3, 0.4) is 0 Å². The van der Waals surface area contributed by atoms with Crippen molar-refractivity contribution in [3.8, 4) is 0 Å². The first-order valence-electron chi connectivity index (χ1n) is 4.10. The first-order valence-corrected chi connectivity index (χ1v) is 5.62. The normalized spacial score (nSPS) is 12.2. The molecule has 1 aromatic carbocycles. The van der Waals surface area contributed by atoms with Crippen molar-refractivity contribution in [1.29, 1.82) is 0 Å². The van der Waals surface area contributed by atoms with Crippen LogP contribution in [0.25, 0.3) is 0 Å². The van der Waals surface area contributed by atoms with Gasteiger partial charge in [0.05, 0.1) is 7.11 Å². The Kier molecular flexibility index (Phi) is 4.68. The van der Waals surface area contributed by atoms with Crippen LogP contribution in [0.15, 0.2) is 24.3 Å². The Morgan fingerprint density at radius 3 is 2.79 bits per heavy atom. The number of carbonyl (C=O) groups excluding carboxylic acids is 1. The third-order valence-corrected chi connectivity index (χ3v) is 3.20. The Balaban J connectivity index is 2.69. The number of hydrogen-bond donors (Lipinski definition) is 0. The number of esters is 1. The fraction of sp³-hybridized carbons (Fsp3) is 0.300. The van der Waals surface area contributed by atoms with Crippen molar-refractivity contribution in [3.05, 3.63) is 33.4 Å². The number of halogens is 2. The molecule has 0 N–H and O–H groups in total. The highest BCUT2D eigenvalue weighted by Gasteiger charge is 2.16. The van der Waals surface area contributed by atoms with Gasteiger partial charge in [-0.05, 0) is 34.2 Å². The molecule has 0 radical (unpaired) electrons. The zero-order valence-electron chi connectivity index (χ0n) is 7.67. The third kappa shape index (κ3) is 3.13. The zero-order valence-corrected chi connectivity index (χ0v) is 10.6. The molecule has 0 heterocycles. The quantitative estimate of drug-likeness (QED) is 0.485. The van der Waals surface area contributed by atoms with Crippen molar-refractivity contribution in [2.24, 2.45) is 0 Å². The van der Waals surface area contributed by atoms with Crippen LogP contribution in [-0.2, 0) is 16.0 Å². The summed E-state index contributed by atoms with van der Waals surface area (Å²) in [6, 6.07) is 7.82. The number of carbonyl (C=O) groups is 1. The first kappa shape index (κ1) is 11.8. The van der Waals surface area contributed by atoms with Gasteiger partial charge in [-0.3, -0.25) is 4.79 Å². The lowest BCUT2D eigenvalue weighted by Gasteiger charge is -2.08. The molecule has 0 saturated carbocycles. The lowest BCUT2D eigenvalue weighted by Crippen LogP contribution is -2.19. The van der Waals surface area contributed by atoms with Crippen LogP contribution >= 0.6 is 34.2 Å². The second kappa shape index (κ2) is 5.56. The van der Waals surface area contributed by atoms with E-state index in [-0.39, 0.29) is 5.97 Å². The molecule has 1 aromatic rings. The Morgan fingerprint density at radius 1 is 1.57 bits per heavy atom. The summed E-state index contributed by atoms with van der Waals surface area (Å²) in [5.74, 6) is -0.383. The molecule has 0 aromatic heterocycles. The van der Waals surface area contributed by atoms with Gasteiger partial charge in [0.2, 0.25) is 0 Å². The molecular weight excluding hydrogens is 314 g/mol. The fourth-order valence-corrected chi connectivity index (χ4v) is 1.93. The van der Waals surface area contributed by atoms with Gasteiger partial charge in [-0.1, -0.05) is 18.2 Å². The second-order valence-corrected chi connectivity index (χ2v) is 4.48. The second-order valence-electron chi connectivity index (χ2n) is 2.79. The first-order chi connectivity index (χ1) is 6.65. The number of alkyl halides is 1. The summed E-state index contributed by atoms with van der Waals surface area (Å²) in [6.07, 6.45) is 0.507. The van der Waals surface area contributed by atoms with Crippen molar-refractivity contribution in [2.45, 2.75) is 11.8 Å². The van der Waals surface area contributed by atoms with E-state index in [0.717, 1.165) is 9.13 Å². The van der Waals surface area contributed by atoms with E-state index >= 15 is 0 Å². The largest absolute Gasteiger partial charge is 0.468 e. The third-order valence-electron chi connectivity index (χ3n) is 1.81. The molecule has 0 aliphatic carbocycles. The molecule has 1 rings (SSSR count). The van der Waals surface area contributed by atoms with E-state index in [4.69, 9.17) is 11.6 Å². The van der Waals surface area contributed by atoms with Gasteiger partial charge >= 0.3 is 5.97 Å². The molecule has 0 fully saturated rings. The monoisotopic (exact) mass is 324 g/mol. The minimum Gasteiger partial charge on any atom is -0.468 e. The van der Waals surface area contributed by atoms with E-state index in [2.05, 4.69) is 27.3 Å². The van der Waals surface area contributed by atoms with E-state index < -0.39 is 5.38 Å². The van der Waals surface area contributed by atoms with Crippen LogP contribution in [-0.4, -0.2) is 18.5 Å². The lowest BCUT2D eigenvalue weighted by atomic mass is 10.1. The van der Waals surface area contributed by atoms with Crippen molar-refractivity contribution in [2.75, 3.05) is 7.11 Å². The van der Waals surface area contributed by atoms with Gasteiger partial charge < -0.3 is 4.74 Å². The van der Waals surface area contributed by atoms with Gasteiger partial charge in [-0.2, -0.15) is 0 Å². The van der Waals surface area contributed by atoms with Crippen LogP contribution < -0.4 is 0 Å². The minimum absolute atomic E-state index is 0.383. The molecule has 4 heteroatoms. The molecule has 76 valence electrons. The maximum atomic E-state index is 11.1. The number of methoxy groups -OCH3 is 1. The van der Waals surface area contributed by atoms with E-state index in [1.165, 1.54) is 7.11 Å². The lowest BCUT2D eigenvalue weighted by molar-refractivity contribution is -0.140. The maximum absolute atomic E-state index is 11.1. The Labute approximate surface area is 102 Å². The number of ether oxygens (including phenoxy) is 1. The van der Waals surface area contributed by atoms with Crippen LogP contribution in [0.2, 0.25) is 0 Å². The summed E-state index contributed by atoms with van der Waals surface area (Å²) in [7, 11) is 1.34. The number of hydrogen-bond acceptors (Lipinski definition) is 2. The highest BCUT2D eigenvalue weighted by Crippen LogP contribution is 2.16. The molecule has 0 aliphatic heterocycles. The highest BCUT2D eigenvalue weighted by atomic mass is 127. The molecule has 2 nitrogen and oxygen atoms in total. The minimum atomic E-state index is -0.601. The molecule has 0 bridgehead atoms. The molecule has 1 unspecified atom stereocenters. The van der Waals surface area contributed by atoms with Crippen LogP contribution in [0, 0.1) is 3.57 Å². The molecule has 0 spiro atoms. The van der Waals surface area contributed by atoms with E-state index in [1.807, 2.05) is 24.3 Å². The Morgan fingerprint density at radius 2 is 2.21 bits per heavy atom. The summed E-state index contributed by atoms with van der Waals surface area (Å²) in [6.45, 7) is 0. The van der Waals surface area contributed by atoms with Gasteiger partial charge in [-0.25, -0.2) is 0 Å². The summed E-state index contributed by atoms with van der Waals surface area (Å²) >= 11 is 8.08. The molecule has 0 saturated heterocycles. The average molecular weight is 325 g/mol. The summed E-state index contributed by atoms with van der Waals surface area (Å²) in [5.41, 5.74) is 1.07. The topological polar surface area (TPSA) is 26.3 Å². The SMILES string of the molecule is COC(=O)C(Cl)Cc1ccccc1I. The van der Waals surface area contributed by atoms with Gasteiger partial charge in [0.15, 0.2) is 0 Å². The Bertz CT molecular complexity index is 328. The number of benzene rings is 1. The average Bonchev–Trinajstić information content (AvgIpc) is 2.20. The van der Waals surface area contributed by atoms with Crippen molar-refractivity contribution < 1.29 is 9.53 Å². The van der Waals surface area contributed by atoms with Crippen LogP contribution in [0.5, 0.6) is 0 Å². The van der Waals surface area contributed by atoms with E-state index in [9.17, 15) is 4.79 Å². The summed E-state index contributed by atoms with van der Waals surface area (Å²) in [4.78, 5) is 11.1. The number of rotatable bonds is 3. The fourth-order valence-electron chi connectivity index (χ4n) is 1.07. The molecule has 0 amide bonds. The molecule has 14 heavy (non-hydrogen) atoms. The van der Waals surface area contributed by atoms with Gasteiger partial charge in [0, 0.05) is 9.99 Å². The van der Waals surface area contributed by atoms with Gasteiger partial charge in [0.1, 0.15) is 5.38 Å². The van der Waals surface area contributed by atoms with E-state index in [0.29, 0.717) is 6.42 Å².